The van der Waals surface area contributed by atoms with Gasteiger partial charge in [0.15, 0.2) is 12.1 Å². The minimum Gasteiger partial charge on any atom is -0.469 e. The molecule has 0 saturated carbocycles. The summed E-state index contributed by atoms with van der Waals surface area (Å²) < 4.78 is 4.90. The molecule has 1 heterocycles. The smallest absolute Gasteiger partial charge is 0.185 e. The van der Waals surface area contributed by atoms with Gasteiger partial charge < -0.3 is 14.9 Å². The van der Waals surface area contributed by atoms with E-state index in [0.717, 1.165) is 0 Å². The molecule has 0 aromatic carbocycles. The number of hydrogen-bond acceptors (Lipinski definition) is 4. The van der Waals surface area contributed by atoms with Gasteiger partial charge in [0.05, 0.1) is 11.8 Å². The Morgan fingerprint density at radius 3 is 2.67 bits per heavy atom. The number of aliphatic hydroxyl groups is 2. The summed E-state index contributed by atoms with van der Waals surface area (Å²) >= 11 is 0. The van der Waals surface area contributed by atoms with E-state index in [0.29, 0.717) is 12.2 Å². The molecule has 0 aromatic heterocycles. The molecule has 0 bridgehead atoms. The van der Waals surface area contributed by atoms with Crippen LogP contribution in [0.3, 0.4) is 0 Å². The molecule has 0 aromatic rings. The maximum atomic E-state index is 10.9. The highest BCUT2D eigenvalue weighted by Gasteiger charge is 2.20. The number of aliphatic hydroxyl groups excluding tert-OH is 1. The molecule has 0 unspecified atom stereocenters. The Labute approximate surface area is 69.8 Å². The van der Waals surface area contributed by atoms with E-state index in [1.165, 1.54) is 13.2 Å². The van der Waals surface area contributed by atoms with Gasteiger partial charge in [0.2, 0.25) is 0 Å². The van der Waals surface area contributed by atoms with E-state index < -0.39 is 6.29 Å². The molecule has 0 fully saturated rings. The molecule has 0 saturated heterocycles. The fourth-order valence-corrected chi connectivity index (χ4v) is 1.03. The third kappa shape index (κ3) is 1.72. The highest BCUT2D eigenvalue weighted by Crippen LogP contribution is 2.20. The van der Waals surface area contributed by atoms with Gasteiger partial charge in [-0.25, -0.2) is 0 Å². The number of rotatable bonds is 2. The van der Waals surface area contributed by atoms with Crippen molar-refractivity contribution in [3.63, 3.8) is 0 Å². The van der Waals surface area contributed by atoms with Gasteiger partial charge in [-0.15, -0.1) is 0 Å². The van der Waals surface area contributed by atoms with Crippen molar-refractivity contribution in [2.24, 2.45) is 0 Å². The summed E-state index contributed by atoms with van der Waals surface area (Å²) in [6.07, 6.45) is 1.80. The average Bonchev–Trinajstić information content (AvgIpc) is 2.37. The van der Waals surface area contributed by atoms with Crippen molar-refractivity contribution in [1.82, 2.24) is 0 Å². The molecule has 12 heavy (non-hydrogen) atoms. The summed E-state index contributed by atoms with van der Waals surface area (Å²) in [5.74, 6) is -0.0683. The number of hydrogen-bond donors (Lipinski definition) is 2. The molecule has 4 heteroatoms. The third-order valence-electron chi connectivity index (χ3n) is 1.55. The second-order valence-corrected chi connectivity index (χ2v) is 2.46. The molecule has 0 spiro atoms. The van der Waals surface area contributed by atoms with Crippen LogP contribution in [0.15, 0.2) is 23.7 Å². The Balaban J connectivity index is 2.91. The van der Waals surface area contributed by atoms with Gasteiger partial charge >= 0.3 is 0 Å². The van der Waals surface area contributed by atoms with Gasteiger partial charge in [0.1, 0.15) is 5.76 Å². The summed E-state index contributed by atoms with van der Waals surface area (Å²) in [7, 11) is 0. The van der Waals surface area contributed by atoms with Gasteiger partial charge in [0, 0.05) is 6.42 Å². The summed E-state index contributed by atoms with van der Waals surface area (Å²) in [4.78, 5) is 10.9. The lowest BCUT2D eigenvalue weighted by atomic mass is 10.1. The van der Waals surface area contributed by atoms with Gasteiger partial charge in [-0.2, -0.15) is 0 Å². The van der Waals surface area contributed by atoms with E-state index in [4.69, 9.17) is 14.9 Å². The predicted molar refractivity (Wildman–Crippen MR) is 40.8 cm³/mol. The second kappa shape index (κ2) is 3.51. The topological polar surface area (TPSA) is 66.8 Å². The first-order valence-corrected chi connectivity index (χ1v) is 3.54. The molecule has 4 nitrogen and oxygen atoms in total. The summed E-state index contributed by atoms with van der Waals surface area (Å²) in [6, 6.07) is 0. The van der Waals surface area contributed by atoms with E-state index in [-0.39, 0.29) is 11.4 Å². The van der Waals surface area contributed by atoms with Crippen LogP contribution in [-0.4, -0.2) is 22.3 Å². The van der Waals surface area contributed by atoms with Crippen molar-refractivity contribution in [1.29, 1.82) is 0 Å². The standard InChI is InChI=1S/C8H10O4/c1-5(9)7(8(10)11)6-3-2-4-12-6/h2,4,8,10-11H,3H2,1H3. The van der Waals surface area contributed by atoms with Crippen LogP contribution in [0.4, 0.5) is 0 Å². The SMILES string of the molecule is CC(=O)C(=C1CC=CO1)C(O)O. The van der Waals surface area contributed by atoms with Crippen LogP contribution in [-0.2, 0) is 9.53 Å². The lowest BCUT2D eigenvalue weighted by Gasteiger charge is -2.08. The summed E-state index contributed by atoms with van der Waals surface area (Å²) in [6.45, 7) is 1.27. The molecular weight excluding hydrogens is 160 g/mol. The van der Waals surface area contributed by atoms with Crippen molar-refractivity contribution in [3.8, 4) is 0 Å². The lowest BCUT2D eigenvalue weighted by Crippen LogP contribution is -2.17. The first-order valence-electron chi connectivity index (χ1n) is 3.54. The molecule has 2 N–H and O–H groups in total. The van der Waals surface area contributed by atoms with Gasteiger partial charge in [-0.3, -0.25) is 4.79 Å². The van der Waals surface area contributed by atoms with E-state index in [1.807, 2.05) is 0 Å². The number of ether oxygens (including phenoxy) is 1. The molecule has 0 aliphatic carbocycles. The zero-order chi connectivity index (χ0) is 9.14. The first kappa shape index (κ1) is 8.96. The highest BCUT2D eigenvalue weighted by atomic mass is 16.5. The molecular formula is C8H10O4. The van der Waals surface area contributed by atoms with Crippen LogP contribution in [0.2, 0.25) is 0 Å². The number of Topliss-reactive ketones (excluding diaryl/α,β-unsaturated/α-hetero) is 1. The molecule has 0 radical (unpaired) electrons. The largest absolute Gasteiger partial charge is 0.469 e. The van der Waals surface area contributed by atoms with Crippen LogP contribution in [0.5, 0.6) is 0 Å². The van der Waals surface area contributed by atoms with Crippen LogP contribution < -0.4 is 0 Å². The molecule has 0 atom stereocenters. The van der Waals surface area contributed by atoms with Crippen LogP contribution in [0.25, 0.3) is 0 Å². The fraction of sp³-hybridized carbons (Fsp3) is 0.375. The van der Waals surface area contributed by atoms with Gasteiger partial charge in [-0.05, 0) is 13.0 Å². The van der Waals surface area contributed by atoms with Crippen molar-refractivity contribution in [2.75, 3.05) is 0 Å². The maximum absolute atomic E-state index is 10.9. The van der Waals surface area contributed by atoms with Crippen molar-refractivity contribution in [3.05, 3.63) is 23.7 Å². The normalized spacial score (nSPS) is 19.7. The fourth-order valence-electron chi connectivity index (χ4n) is 1.03. The Bertz CT molecular complexity index is 240. The molecule has 1 rings (SSSR count). The predicted octanol–water partition coefficient (Wildman–Crippen LogP) is 0.0742. The number of carbonyl (C=O) groups is 1. The number of ketones is 1. The summed E-state index contributed by atoms with van der Waals surface area (Å²) in [5.41, 5.74) is -0.0694. The lowest BCUT2D eigenvalue weighted by molar-refractivity contribution is -0.117. The second-order valence-electron chi connectivity index (χ2n) is 2.46. The molecule has 0 amide bonds. The quantitative estimate of drug-likeness (QED) is 0.454. The minimum absolute atomic E-state index is 0.0694. The Kier molecular flexibility index (Phi) is 2.62. The third-order valence-corrected chi connectivity index (χ3v) is 1.55. The van der Waals surface area contributed by atoms with E-state index >= 15 is 0 Å². The number of allylic oxidation sites excluding steroid dienone is 1. The molecule has 1 aliphatic heterocycles. The molecule has 66 valence electrons. The van der Waals surface area contributed by atoms with Crippen molar-refractivity contribution in [2.45, 2.75) is 19.6 Å². The van der Waals surface area contributed by atoms with Crippen molar-refractivity contribution >= 4 is 5.78 Å². The number of carbonyl (C=O) groups excluding carboxylic acids is 1. The van der Waals surface area contributed by atoms with Crippen LogP contribution in [0, 0.1) is 0 Å². The van der Waals surface area contributed by atoms with E-state index in [9.17, 15) is 4.79 Å². The monoisotopic (exact) mass is 170 g/mol. The first-order chi connectivity index (χ1) is 5.63. The van der Waals surface area contributed by atoms with Crippen molar-refractivity contribution < 1.29 is 19.7 Å². The van der Waals surface area contributed by atoms with Gasteiger partial charge in [0.25, 0.3) is 0 Å². The summed E-state index contributed by atoms with van der Waals surface area (Å²) in [5, 5.41) is 17.6. The zero-order valence-corrected chi connectivity index (χ0v) is 6.65. The maximum Gasteiger partial charge on any atom is 0.185 e. The highest BCUT2D eigenvalue weighted by molar-refractivity contribution is 5.94. The Morgan fingerprint density at radius 1 is 1.67 bits per heavy atom. The Morgan fingerprint density at radius 2 is 2.33 bits per heavy atom. The molecule has 1 aliphatic rings. The van der Waals surface area contributed by atoms with Gasteiger partial charge in [-0.1, -0.05) is 0 Å². The Hall–Kier alpha value is -1.13. The van der Waals surface area contributed by atoms with E-state index in [1.54, 1.807) is 6.08 Å². The minimum atomic E-state index is -1.75. The average molecular weight is 170 g/mol. The zero-order valence-electron chi connectivity index (χ0n) is 6.65. The van der Waals surface area contributed by atoms with E-state index in [2.05, 4.69) is 0 Å². The van der Waals surface area contributed by atoms with Crippen LogP contribution in [0.1, 0.15) is 13.3 Å². The van der Waals surface area contributed by atoms with Crippen LogP contribution >= 0.6 is 0 Å².